The lowest BCUT2D eigenvalue weighted by molar-refractivity contribution is 0.347. The summed E-state index contributed by atoms with van der Waals surface area (Å²) in [6.07, 6.45) is 8.63. The van der Waals surface area contributed by atoms with E-state index in [0.717, 1.165) is 24.9 Å². The average molecular weight is 311 g/mol. The van der Waals surface area contributed by atoms with Crippen molar-refractivity contribution in [2.45, 2.75) is 33.2 Å². The number of rotatable bonds is 7. The molecule has 0 spiro atoms. The summed E-state index contributed by atoms with van der Waals surface area (Å²) in [5.74, 6) is 0.700. The van der Waals surface area contributed by atoms with Gasteiger partial charge in [-0.25, -0.2) is 4.98 Å². The zero-order valence-electron chi connectivity index (χ0n) is 14.2. The molecule has 1 heterocycles. The molecule has 4 heteroatoms. The summed E-state index contributed by atoms with van der Waals surface area (Å²) in [6, 6.07) is 7.43. The highest BCUT2D eigenvalue weighted by molar-refractivity contribution is 5.77. The van der Waals surface area contributed by atoms with E-state index in [1.807, 2.05) is 25.2 Å². The van der Waals surface area contributed by atoms with Crippen LogP contribution in [0.25, 0.3) is 10.9 Å². The predicted octanol–water partition coefficient (Wildman–Crippen LogP) is 3.66. The molecular weight excluding hydrogens is 286 g/mol. The molecule has 0 saturated carbocycles. The van der Waals surface area contributed by atoms with E-state index in [-0.39, 0.29) is 5.56 Å². The average Bonchev–Trinajstić information content (AvgIpc) is 2.53. The van der Waals surface area contributed by atoms with E-state index >= 15 is 0 Å². The second kappa shape index (κ2) is 8.44. The van der Waals surface area contributed by atoms with Crippen LogP contribution < -0.4 is 5.56 Å². The Hall–Kier alpha value is -2.20. The Labute approximate surface area is 137 Å². The fourth-order valence-corrected chi connectivity index (χ4v) is 2.55. The van der Waals surface area contributed by atoms with Crippen molar-refractivity contribution in [2.24, 2.45) is 0 Å². The standard InChI is InChI=1S/C19H25N3O/c1-4-6-10-15(9-5-2)13-22(3)14-18-20-17-12-8-7-11-16(17)19(23)21-18/h6-12H,4-5,13-14H2,1-3H3,(H,20,21,23)/b10-6-,15-9+. The Morgan fingerprint density at radius 1 is 1.26 bits per heavy atom. The molecule has 122 valence electrons. The summed E-state index contributed by atoms with van der Waals surface area (Å²) >= 11 is 0. The first-order valence-electron chi connectivity index (χ1n) is 8.16. The van der Waals surface area contributed by atoms with E-state index in [1.54, 1.807) is 6.07 Å². The van der Waals surface area contributed by atoms with Crippen LogP contribution in [0, 0.1) is 0 Å². The number of aromatic amines is 1. The predicted molar refractivity (Wildman–Crippen MR) is 96.5 cm³/mol. The molecule has 2 rings (SSSR count). The molecule has 0 fully saturated rings. The van der Waals surface area contributed by atoms with Crippen molar-refractivity contribution < 1.29 is 0 Å². The van der Waals surface area contributed by atoms with Crippen LogP contribution in [-0.4, -0.2) is 28.5 Å². The van der Waals surface area contributed by atoms with Crippen LogP contribution >= 0.6 is 0 Å². The number of hydrogen-bond acceptors (Lipinski definition) is 3. The maximum atomic E-state index is 12.1. The minimum absolute atomic E-state index is 0.0748. The van der Waals surface area contributed by atoms with Crippen LogP contribution in [0.3, 0.4) is 0 Å². The number of fused-ring (bicyclic) bond motifs is 1. The number of likely N-dealkylation sites (N-methyl/N-ethyl adjacent to an activating group) is 1. The third-order valence-corrected chi connectivity index (χ3v) is 3.57. The number of nitrogens with zero attached hydrogens (tertiary/aromatic N) is 2. The van der Waals surface area contributed by atoms with E-state index in [1.165, 1.54) is 5.57 Å². The fourth-order valence-electron chi connectivity index (χ4n) is 2.55. The Kier molecular flexibility index (Phi) is 6.29. The highest BCUT2D eigenvalue weighted by atomic mass is 16.1. The molecule has 4 nitrogen and oxygen atoms in total. The molecule has 2 aromatic rings. The van der Waals surface area contributed by atoms with Gasteiger partial charge in [0.25, 0.3) is 5.56 Å². The third kappa shape index (κ3) is 4.89. The summed E-state index contributed by atoms with van der Waals surface area (Å²) in [6.45, 7) is 5.72. The first kappa shape index (κ1) is 17.2. The van der Waals surface area contributed by atoms with E-state index in [4.69, 9.17) is 0 Å². The van der Waals surface area contributed by atoms with Crippen molar-refractivity contribution in [3.63, 3.8) is 0 Å². The van der Waals surface area contributed by atoms with Gasteiger partial charge in [-0.1, -0.05) is 44.2 Å². The molecule has 0 aliphatic carbocycles. The minimum Gasteiger partial charge on any atom is -0.309 e. The van der Waals surface area contributed by atoms with Gasteiger partial charge in [0.1, 0.15) is 5.82 Å². The zero-order valence-corrected chi connectivity index (χ0v) is 14.2. The van der Waals surface area contributed by atoms with E-state index in [9.17, 15) is 4.79 Å². The zero-order chi connectivity index (χ0) is 16.7. The molecule has 1 aromatic heterocycles. The van der Waals surface area contributed by atoms with Crippen LogP contribution in [-0.2, 0) is 6.54 Å². The lowest BCUT2D eigenvalue weighted by Crippen LogP contribution is -2.23. The first-order chi connectivity index (χ1) is 11.1. The van der Waals surface area contributed by atoms with Gasteiger partial charge < -0.3 is 4.98 Å². The summed E-state index contributed by atoms with van der Waals surface area (Å²) in [5, 5.41) is 0.636. The van der Waals surface area contributed by atoms with Gasteiger partial charge in [-0.15, -0.1) is 0 Å². The third-order valence-electron chi connectivity index (χ3n) is 3.57. The lowest BCUT2D eigenvalue weighted by Gasteiger charge is -2.17. The van der Waals surface area contributed by atoms with E-state index < -0.39 is 0 Å². The Morgan fingerprint density at radius 2 is 2.04 bits per heavy atom. The van der Waals surface area contributed by atoms with Crippen LogP contribution in [0.4, 0.5) is 0 Å². The van der Waals surface area contributed by atoms with Crippen molar-refractivity contribution >= 4 is 10.9 Å². The van der Waals surface area contributed by atoms with Crippen LogP contribution in [0.2, 0.25) is 0 Å². The number of para-hydroxylation sites is 1. The van der Waals surface area contributed by atoms with Crippen molar-refractivity contribution in [1.29, 1.82) is 0 Å². The van der Waals surface area contributed by atoms with Crippen molar-refractivity contribution in [1.82, 2.24) is 14.9 Å². The van der Waals surface area contributed by atoms with E-state index in [0.29, 0.717) is 17.8 Å². The van der Waals surface area contributed by atoms with Crippen LogP contribution in [0.1, 0.15) is 32.5 Å². The van der Waals surface area contributed by atoms with Gasteiger partial charge in [-0.3, -0.25) is 9.69 Å². The Morgan fingerprint density at radius 3 is 2.78 bits per heavy atom. The highest BCUT2D eigenvalue weighted by Gasteiger charge is 2.07. The minimum atomic E-state index is -0.0748. The molecule has 0 amide bonds. The van der Waals surface area contributed by atoms with Crippen molar-refractivity contribution in [2.75, 3.05) is 13.6 Å². The second-order valence-electron chi connectivity index (χ2n) is 5.70. The topological polar surface area (TPSA) is 49.0 Å². The van der Waals surface area contributed by atoms with E-state index in [2.05, 4.69) is 46.9 Å². The highest BCUT2D eigenvalue weighted by Crippen LogP contribution is 2.08. The molecule has 0 bridgehead atoms. The lowest BCUT2D eigenvalue weighted by atomic mass is 10.2. The molecule has 1 N–H and O–H groups in total. The van der Waals surface area contributed by atoms with Gasteiger partial charge in [0.15, 0.2) is 0 Å². The number of H-pyrrole nitrogens is 1. The molecule has 1 aromatic carbocycles. The van der Waals surface area contributed by atoms with Crippen molar-refractivity contribution in [3.8, 4) is 0 Å². The molecule has 0 unspecified atom stereocenters. The fraction of sp³-hybridized carbons (Fsp3) is 0.368. The summed E-state index contributed by atoms with van der Waals surface area (Å²) in [5.41, 5.74) is 1.96. The van der Waals surface area contributed by atoms with Gasteiger partial charge in [0.05, 0.1) is 17.4 Å². The molecular formula is C19H25N3O. The van der Waals surface area contributed by atoms with Gasteiger partial charge in [0, 0.05) is 6.54 Å². The maximum absolute atomic E-state index is 12.1. The normalized spacial score (nSPS) is 12.6. The number of benzene rings is 1. The maximum Gasteiger partial charge on any atom is 0.258 e. The molecule has 23 heavy (non-hydrogen) atoms. The molecule has 0 atom stereocenters. The van der Waals surface area contributed by atoms with Gasteiger partial charge in [-0.05, 0) is 37.6 Å². The van der Waals surface area contributed by atoms with Crippen molar-refractivity contribution in [3.05, 3.63) is 64.2 Å². The van der Waals surface area contributed by atoms with Gasteiger partial charge in [-0.2, -0.15) is 0 Å². The van der Waals surface area contributed by atoms with Gasteiger partial charge in [0.2, 0.25) is 0 Å². The van der Waals surface area contributed by atoms with Crippen LogP contribution in [0.15, 0.2) is 52.9 Å². The summed E-state index contributed by atoms with van der Waals surface area (Å²) in [4.78, 5) is 21.7. The first-order valence-corrected chi connectivity index (χ1v) is 8.16. The number of aromatic nitrogens is 2. The number of nitrogens with one attached hydrogen (secondary N) is 1. The molecule has 0 aliphatic rings. The second-order valence-corrected chi connectivity index (χ2v) is 5.70. The Bertz CT molecular complexity index is 759. The largest absolute Gasteiger partial charge is 0.309 e. The quantitative estimate of drug-likeness (QED) is 0.794. The van der Waals surface area contributed by atoms with Gasteiger partial charge >= 0.3 is 0 Å². The Balaban J connectivity index is 2.13. The molecule has 0 saturated heterocycles. The van der Waals surface area contributed by atoms with Crippen LogP contribution in [0.5, 0.6) is 0 Å². The smallest absolute Gasteiger partial charge is 0.258 e. The summed E-state index contributed by atoms with van der Waals surface area (Å²) < 4.78 is 0. The molecule has 0 radical (unpaired) electrons. The SMILES string of the molecule is CC/C=C\C(=C/CC)CN(C)Cc1nc2ccccc2c(=O)[nH]1. The molecule has 0 aliphatic heterocycles. The number of hydrogen-bond donors (Lipinski definition) is 1. The number of allylic oxidation sites excluding steroid dienone is 2. The monoisotopic (exact) mass is 311 g/mol. The summed E-state index contributed by atoms with van der Waals surface area (Å²) in [7, 11) is 2.04.